The zero-order valence-electron chi connectivity index (χ0n) is 22.3. The Balaban J connectivity index is 1.59. The molecule has 1 heterocycles. The average molecular weight is 780 g/mol. The fourth-order valence-corrected chi connectivity index (χ4v) is 5.40. The first-order chi connectivity index (χ1) is 20.6. The van der Waals surface area contributed by atoms with Gasteiger partial charge >= 0.3 is 6.18 Å². The first-order valence-electron chi connectivity index (χ1n) is 12.8. The quantitative estimate of drug-likeness (QED) is 0.147. The number of para-hydroxylation sites is 1. The summed E-state index contributed by atoms with van der Waals surface area (Å²) in [5.74, 6) is 0.849. The first-order valence-corrected chi connectivity index (χ1v) is 15.2. The molecule has 0 aliphatic rings. The van der Waals surface area contributed by atoms with Gasteiger partial charge in [0.2, 0.25) is 0 Å². The Morgan fingerprint density at radius 3 is 2.40 bits per heavy atom. The van der Waals surface area contributed by atoms with Crippen LogP contribution in [0.15, 0.2) is 102 Å². The Morgan fingerprint density at radius 1 is 0.930 bits per heavy atom. The van der Waals surface area contributed by atoms with Crippen molar-refractivity contribution in [2.45, 2.75) is 19.7 Å². The molecule has 12 heteroatoms. The Kier molecular flexibility index (Phi) is 9.38. The number of rotatable bonds is 8. The van der Waals surface area contributed by atoms with Crippen LogP contribution in [0, 0.1) is 0 Å². The number of halogens is 6. The molecule has 0 radical (unpaired) electrons. The van der Waals surface area contributed by atoms with Gasteiger partial charge in [-0.1, -0.05) is 52.3 Å². The Labute approximate surface area is 269 Å². The lowest BCUT2D eigenvalue weighted by Crippen LogP contribution is -2.20. The van der Waals surface area contributed by atoms with Crippen LogP contribution in [-0.2, 0) is 12.8 Å². The highest BCUT2D eigenvalue weighted by atomic mass is 79.9. The molecule has 0 N–H and O–H groups in total. The van der Waals surface area contributed by atoms with Gasteiger partial charge in [0, 0.05) is 20.1 Å². The molecule has 0 spiro atoms. The fourth-order valence-electron chi connectivity index (χ4n) is 4.20. The molecule has 5 aromatic rings. The second-order valence-electron chi connectivity index (χ2n) is 9.16. The van der Waals surface area contributed by atoms with E-state index in [-0.39, 0.29) is 23.4 Å². The van der Waals surface area contributed by atoms with E-state index < -0.39 is 17.3 Å². The summed E-state index contributed by atoms with van der Waals surface area (Å²) in [7, 11) is 0. The summed E-state index contributed by atoms with van der Waals surface area (Å²) in [5.41, 5.74) is 0.479. The summed E-state index contributed by atoms with van der Waals surface area (Å²) in [6.45, 7) is 2.47. The number of hydrogen-bond donors (Lipinski definition) is 0. The normalized spacial score (nSPS) is 11.8. The van der Waals surface area contributed by atoms with Crippen molar-refractivity contribution in [2.75, 3.05) is 6.61 Å². The number of ether oxygens (including phenoxy) is 2. The molecule has 4 aromatic carbocycles. The molecule has 0 saturated heterocycles. The van der Waals surface area contributed by atoms with E-state index in [2.05, 4.69) is 57.9 Å². The van der Waals surface area contributed by atoms with Crippen LogP contribution in [0.2, 0.25) is 0 Å². The summed E-state index contributed by atoms with van der Waals surface area (Å²) >= 11 is 10.6. The largest absolute Gasteiger partial charge is 0.490 e. The minimum atomic E-state index is -4.57. The molecule has 5 rings (SSSR count). The zero-order chi connectivity index (χ0) is 30.7. The van der Waals surface area contributed by atoms with E-state index in [0.29, 0.717) is 38.1 Å². The summed E-state index contributed by atoms with van der Waals surface area (Å²) in [6, 6.07) is 20.6. The monoisotopic (exact) mass is 777 g/mol. The summed E-state index contributed by atoms with van der Waals surface area (Å²) in [5, 5.41) is 4.68. The van der Waals surface area contributed by atoms with Crippen LogP contribution in [0.5, 0.6) is 11.5 Å². The van der Waals surface area contributed by atoms with Crippen molar-refractivity contribution in [3.63, 3.8) is 0 Å². The highest BCUT2D eigenvalue weighted by Gasteiger charge is 2.31. The maximum absolute atomic E-state index is 13.6. The van der Waals surface area contributed by atoms with E-state index in [1.54, 1.807) is 30.3 Å². The number of benzene rings is 4. The van der Waals surface area contributed by atoms with Crippen LogP contribution in [0.3, 0.4) is 0 Å². The first kappa shape index (κ1) is 31.0. The van der Waals surface area contributed by atoms with Gasteiger partial charge in [0.1, 0.15) is 6.61 Å². The lowest BCUT2D eigenvalue weighted by atomic mass is 10.1. The van der Waals surface area contributed by atoms with Gasteiger partial charge in [-0.2, -0.15) is 22.9 Å². The third kappa shape index (κ3) is 6.86. The molecule has 0 saturated carbocycles. The summed E-state index contributed by atoms with van der Waals surface area (Å²) < 4.78 is 55.6. The van der Waals surface area contributed by atoms with E-state index in [1.807, 2.05) is 31.2 Å². The van der Waals surface area contributed by atoms with Gasteiger partial charge in [0.25, 0.3) is 5.56 Å². The van der Waals surface area contributed by atoms with Crippen molar-refractivity contribution >= 4 is 64.9 Å². The van der Waals surface area contributed by atoms with E-state index in [0.717, 1.165) is 26.8 Å². The molecule has 0 amide bonds. The van der Waals surface area contributed by atoms with Crippen molar-refractivity contribution in [1.82, 2.24) is 9.66 Å². The van der Waals surface area contributed by atoms with E-state index >= 15 is 0 Å². The molecular formula is C31H21Br3F3N3O3. The van der Waals surface area contributed by atoms with Gasteiger partial charge in [-0.05, 0) is 86.8 Å². The molecule has 1 aromatic heterocycles. The number of alkyl halides is 3. The topological polar surface area (TPSA) is 65.7 Å². The number of fused-ring (bicyclic) bond motifs is 1. The average Bonchev–Trinajstić information content (AvgIpc) is 2.99. The minimum absolute atomic E-state index is 0.0410. The molecule has 6 nitrogen and oxygen atoms in total. The fraction of sp³-hybridized carbons (Fsp3) is 0.129. The third-order valence-corrected chi connectivity index (χ3v) is 8.94. The zero-order valence-corrected chi connectivity index (χ0v) is 27.1. The lowest BCUT2D eigenvalue weighted by Gasteiger charge is -2.16. The van der Waals surface area contributed by atoms with E-state index in [1.165, 1.54) is 18.3 Å². The highest BCUT2D eigenvalue weighted by Crippen LogP contribution is 2.43. The predicted octanol–water partition coefficient (Wildman–Crippen LogP) is 9.23. The van der Waals surface area contributed by atoms with Gasteiger partial charge in [-0.3, -0.25) is 4.79 Å². The van der Waals surface area contributed by atoms with Crippen molar-refractivity contribution in [3.05, 3.63) is 119 Å². The van der Waals surface area contributed by atoms with Gasteiger partial charge in [-0.15, -0.1) is 0 Å². The van der Waals surface area contributed by atoms with Crippen molar-refractivity contribution in [3.8, 4) is 22.9 Å². The highest BCUT2D eigenvalue weighted by molar-refractivity contribution is 9.13. The van der Waals surface area contributed by atoms with Crippen LogP contribution in [0.4, 0.5) is 13.2 Å². The molecule has 0 aliphatic carbocycles. The smallest absolute Gasteiger partial charge is 0.416 e. The van der Waals surface area contributed by atoms with Gasteiger partial charge in [-0.25, -0.2) is 4.98 Å². The Bertz CT molecular complexity index is 1890. The Hall–Kier alpha value is -3.48. The molecule has 0 aliphatic heterocycles. The predicted molar refractivity (Wildman–Crippen MR) is 171 cm³/mol. The van der Waals surface area contributed by atoms with Gasteiger partial charge in [0.05, 0.1) is 33.8 Å². The molecule has 43 heavy (non-hydrogen) atoms. The van der Waals surface area contributed by atoms with Crippen LogP contribution in [-0.4, -0.2) is 22.5 Å². The van der Waals surface area contributed by atoms with Gasteiger partial charge < -0.3 is 9.47 Å². The Morgan fingerprint density at radius 2 is 1.67 bits per heavy atom. The third-order valence-electron chi connectivity index (χ3n) is 6.27. The molecule has 0 bridgehead atoms. The SMILES string of the molecule is CCOc1cc(C=Nn2c(-c3cccc(C(F)(F)F)c3)nc3ccccc3c2=O)c(Br)c(Br)c1OCc1ccc(Br)cc1. The van der Waals surface area contributed by atoms with Crippen molar-refractivity contribution in [2.24, 2.45) is 5.10 Å². The lowest BCUT2D eigenvalue weighted by molar-refractivity contribution is -0.137. The maximum atomic E-state index is 13.6. The molecule has 220 valence electrons. The number of aromatic nitrogens is 2. The van der Waals surface area contributed by atoms with E-state index in [9.17, 15) is 18.0 Å². The second kappa shape index (κ2) is 13.0. The van der Waals surface area contributed by atoms with Crippen LogP contribution in [0.1, 0.15) is 23.6 Å². The van der Waals surface area contributed by atoms with Crippen LogP contribution < -0.4 is 15.0 Å². The minimum Gasteiger partial charge on any atom is -0.490 e. The van der Waals surface area contributed by atoms with Crippen LogP contribution in [0.25, 0.3) is 22.3 Å². The molecule has 0 fully saturated rings. The summed E-state index contributed by atoms with van der Waals surface area (Å²) in [6.07, 6.45) is -3.17. The molecule has 0 atom stereocenters. The van der Waals surface area contributed by atoms with Crippen molar-refractivity contribution in [1.29, 1.82) is 0 Å². The maximum Gasteiger partial charge on any atom is 0.416 e. The molecular weight excluding hydrogens is 759 g/mol. The van der Waals surface area contributed by atoms with Crippen LogP contribution >= 0.6 is 47.8 Å². The van der Waals surface area contributed by atoms with Gasteiger partial charge in [0.15, 0.2) is 17.3 Å². The number of hydrogen-bond acceptors (Lipinski definition) is 5. The standard InChI is InChI=1S/C31H21Br3F3N3O3/c1-2-42-25-15-20(26(33)27(34)28(25)43-17-18-10-12-22(32)13-11-18)16-38-40-29(19-6-5-7-21(14-19)31(35,36)37)39-24-9-4-3-8-23(24)30(40)41/h3-16H,2,17H2,1H3. The second-order valence-corrected chi connectivity index (χ2v) is 11.7. The number of nitrogens with zero attached hydrogens (tertiary/aromatic N) is 3. The van der Waals surface area contributed by atoms with E-state index in [4.69, 9.17) is 9.47 Å². The summed E-state index contributed by atoms with van der Waals surface area (Å²) in [4.78, 5) is 18.1. The van der Waals surface area contributed by atoms with Crippen molar-refractivity contribution < 1.29 is 22.6 Å². The molecule has 0 unspecified atom stereocenters.